The molecule has 0 saturated carbocycles. The summed E-state index contributed by atoms with van der Waals surface area (Å²) in [7, 11) is 4.68. The summed E-state index contributed by atoms with van der Waals surface area (Å²) in [5, 5.41) is 2.96. The zero-order valence-corrected chi connectivity index (χ0v) is 15.6. The van der Waals surface area contributed by atoms with Crippen LogP contribution in [0.25, 0.3) is 0 Å². The molecule has 1 unspecified atom stereocenters. The Morgan fingerprint density at radius 2 is 2.04 bits per heavy atom. The SMILES string of the molecule is COc1ccc(CN(C)C(=O)NC2COc3c(cccc3OC)C2)cc1F. The third-order valence-electron chi connectivity index (χ3n) is 4.49. The summed E-state index contributed by atoms with van der Waals surface area (Å²) in [6.45, 7) is 0.648. The molecule has 3 rings (SSSR count). The van der Waals surface area contributed by atoms with Crippen LogP contribution in [-0.2, 0) is 13.0 Å². The molecule has 2 aromatic rings. The van der Waals surface area contributed by atoms with E-state index in [1.54, 1.807) is 26.3 Å². The summed E-state index contributed by atoms with van der Waals surface area (Å²) in [5.41, 5.74) is 1.67. The van der Waals surface area contributed by atoms with Gasteiger partial charge >= 0.3 is 6.03 Å². The molecule has 0 aliphatic carbocycles. The monoisotopic (exact) mass is 374 g/mol. The molecule has 7 heteroatoms. The number of ether oxygens (including phenoxy) is 3. The van der Waals surface area contributed by atoms with Crippen molar-refractivity contribution in [3.05, 3.63) is 53.3 Å². The van der Waals surface area contributed by atoms with Crippen molar-refractivity contribution in [3.8, 4) is 17.2 Å². The maximum absolute atomic E-state index is 13.8. The highest BCUT2D eigenvalue weighted by atomic mass is 19.1. The number of methoxy groups -OCH3 is 2. The van der Waals surface area contributed by atoms with Crippen LogP contribution in [0.3, 0.4) is 0 Å². The molecule has 1 aliphatic rings. The number of benzene rings is 2. The third kappa shape index (κ3) is 4.24. The van der Waals surface area contributed by atoms with Gasteiger partial charge in [-0.1, -0.05) is 18.2 Å². The lowest BCUT2D eigenvalue weighted by molar-refractivity contribution is 0.186. The molecule has 144 valence electrons. The fraction of sp³-hybridized carbons (Fsp3) is 0.350. The molecule has 0 fully saturated rings. The van der Waals surface area contributed by atoms with Crippen molar-refractivity contribution in [1.82, 2.24) is 10.2 Å². The summed E-state index contributed by atoms with van der Waals surface area (Å²) < 4.78 is 29.8. The van der Waals surface area contributed by atoms with Crippen LogP contribution in [0.2, 0.25) is 0 Å². The molecule has 2 amide bonds. The minimum atomic E-state index is -0.449. The Morgan fingerprint density at radius 3 is 2.74 bits per heavy atom. The van der Waals surface area contributed by atoms with E-state index in [1.165, 1.54) is 18.1 Å². The molecule has 0 aromatic heterocycles. The molecule has 1 atom stereocenters. The third-order valence-corrected chi connectivity index (χ3v) is 4.49. The highest BCUT2D eigenvalue weighted by Gasteiger charge is 2.25. The fourth-order valence-corrected chi connectivity index (χ4v) is 3.09. The average Bonchev–Trinajstić information content (AvgIpc) is 2.67. The predicted octanol–water partition coefficient (Wildman–Crippen LogP) is 2.99. The Balaban J connectivity index is 1.59. The van der Waals surface area contributed by atoms with Crippen molar-refractivity contribution in [2.75, 3.05) is 27.9 Å². The maximum Gasteiger partial charge on any atom is 0.317 e. The van der Waals surface area contributed by atoms with E-state index >= 15 is 0 Å². The topological polar surface area (TPSA) is 60.0 Å². The Bertz CT molecular complexity index is 828. The summed E-state index contributed by atoms with van der Waals surface area (Å²) in [6, 6.07) is 9.97. The first-order valence-corrected chi connectivity index (χ1v) is 8.64. The molecule has 2 aromatic carbocycles. The van der Waals surface area contributed by atoms with Crippen molar-refractivity contribution < 1.29 is 23.4 Å². The molecular weight excluding hydrogens is 351 g/mol. The quantitative estimate of drug-likeness (QED) is 0.874. The second kappa shape index (κ2) is 8.16. The van der Waals surface area contributed by atoms with Crippen LogP contribution in [0.1, 0.15) is 11.1 Å². The van der Waals surface area contributed by atoms with Crippen molar-refractivity contribution in [2.45, 2.75) is 19.0 Å². The number of fused-ring (bicyclic) bond motifs is 1. The molecule has 0 bridgehead atoms. The lowest BCUT2D eigenvalue weighted by Crippen LogP contribution is -2.47. The molecule has 1 N–H and O–H groups in total. The zero-order chi connectivity index (χ0) is 19.4. The van der Waals surface area contributed by atoms with Crippen molar-refractivity contribution >= 4 is 6.03 Å². The minimum Gasteiger partial charge on any atom is -0.494 e. The molecule has 6 nitrogen and oxygen atoms in total. The van der Waals surface area contributed by atoms with Gasteiger partial charge in [0.1, 0.15) is 6.61 Å². The van der Waals surface area contributed by atoms with E-state index in [9.17, 15) is 9.18 Å². The molecule has 27 heavy (non-hydrogen) atoms. The number of carbonyl (C=O) groups is 1. The van der Waals surface area contributed by atoms with E-state index in [0.29, 0.717) is 24.3 Å². The van der Waals surface area contributed by atoms with Gasteiger partial charge in [-0.05, 0) is 30.2 Å². The van der Waals surface area contributed by atoms with Crippen LogP contribution < -0.4 is 19.5 Å². The van der Waals surface area contributed by atoms with Crippen LogP contribution in [0.5, 0.6) is 17.2 Å². The second-order valence-electron chi connectivity index (χ2n) is 6.44. The molecule has 1 heterocycles. The first kappa shape index (κ1) is 18.8. The average molecular weight is 374 g/mol. The lowest BCUT2D eigenvalue weighted by atomic mass is 10.0. The number of hydrogen-bond acceptors (Lipinski definition) is 4. The molecule has 0 saturated heterocycles. The number of halogens is 1. The molecular formula is C20H23FN2O4. The normalized spacial score (nSPS) is 15.3. The lowest BCUT2D eigenvalue weighted by Gasteiger charge is -2.29. The number of hydrogen-bond donors (Lipinski definition) is 1. The van der Waals surface area contributed by atoms with Gasteiger partial charge in [-0.2, -0.15) is 0 Å². The molecule has 0 spiro atoms. The Labute approximate surface area is 157 Å². The number of carbonyl (C=O) groups excluding carboxylic acids is 1. The van der Waals surface area contributed by atoms with E-state index in [-0.39, 0.29) is 24.4 Å². The Morgan fingerprint density at radius 1 is 1.26 bits per heavy atom. The van der Waals surface area contributed by atoms with Gasteiger partial charge in [0.05, 0.1) is 20.3 Å². The van der Waals surface area contributed by atoms with Gasteiger partial charge in [-0.3, -0.25) is 0 Å². The van der Waals surface area contributed by atoms with Gasteiger partial charge in [-0.15, -0.1) is 0 Å². The molecule has 0 radical (unpaired) electrons. The van der Waals surface area contributed by atoms with Crippen LogP contribution >= 0.6 is 0 Å². The van der Waals surface area contributed by atoms with E-state index in [4.69, 9.17) is 14.2 Å². The van der Waals surface area contributed by atoms with Crippen molar-refractivity contribution in [2.24, 2.45) is 0 Å². The van der Waals surface area contributed by atoms with Crippen LogP contribution in [-0.4, -0.2) is 44.8 Å². The van der Waals surface area contributed by atoms with Gasteiger partial charge in [0.15, 0.2) is 23.1 Å². The van der Waals surface area contributed by atoms with Crippen molar-refractivity contribution in [1.29, 1.82) is 0 Å². The van der Waals surface area contributed by atoms with Crippen LogP contribution in [0.4, 0.5) is 9.18 Å². The van der Waals surface area contributed by atoms with E-state index in [1.807, 2.05) is 18.2 Å². The smallest absolute Gasteiger partial charge is 0.317 e. The Kier molecular flexibility index (Phi) is 5.69. The number of amides is 2. The number of urea groups is 1. The van der Waals surface area contributed by atoms with E-state index in [0.717, 1.165) is 11.3 Å². The summed E-state index contributed by atoms with van der Waals surface area (Å²) >= 11 is 0. The van der Waals surface area contributed by atoms with E-state index < -0.39 is 5.82 Å². The first-order chi connectivity index (χ1) is 13.0. The predicted molar refractivity (Wildman–Crippen MR) is 98.9 cm³/mol. The van der Waals surface area contributed by atoms with E-state index in [2.05, 4.69) is 5.32 Å². The summed E-state index contributed by atoms with van der Waals surface area (Å²) in [5.74, 6) is 1.15. The minimum absolute atomic E-state index is 0.146. The highest BCUT2D eigenvalue weighted by Crippen LogP contribution is 2.34. The van der Waals surface area contributed by atoms with Gasteiger partial charge < -0.3 is 24.4 Å². The maximum atomic E-state index is 13.8. The summed E-state index contributed by atoms with van der Waals surface area (Å²) in [4.78, 5) is 14.0. The van der Waals surface area contributed by atoms with Gasteiger partial charge in [0.25, 0.3) is 0 Å². The number of rotatable bonds is 5. The van der Waals surface area contributed by atoms with Crippen molar-refractivity contribution in [3.63, 3.8) is 0 Å². The van der Waals surface area contributed by atoms with Gasteiger partial charge in [0.2, 0.25) is 0 Å². The van der Waals surface area contributed by atoms with Gasteiger partial charge in [-0.25, -0.2) is 9.18 Å². The zero-order valence-electron chi connectivity index (χ0n) is 15.6. The fourth-order valence-electron chi connectivity index (χ4n) is 3.09. The number of nitrogens with zero attached hydrogens (tertiary/aromatic N) is 1. The largest absolute Gasteiger partial charge is 0.494 e. The number of nitrogens with one attached hydrogen (secondary N) is 1. The second-order valence-corrected chi connectivity index (χ2v) is 6.44. The standard InChI is InChI=1S/C20H23FN2O4/c1-23(11-13-7-8-17(25-2)16(21)9-13)20(24)22-15-10-14-5-4-6-18(26-3)19(14)27-12-15/h4-9,15H,10-12H2,1-3H3,(H,22,24). The van der Waals surface area contributed by atoms with Crippen LogP contribution in [0, 0.1) is 5.82 Å². The Hall–Kier alpha value is -2.96. The first-order valence-electron chi connectivity index (χ1n) is 8.64. The summed E-state index contributed by atoms with van der Waals surface area (Å²) in [6.07, 6.45) is 0.656. The molecule has 1 aliphatic heterocycles. The number of para-hydroxylation sites is 1. The van der Waals surface area contributed by atoms with Gasteiger partial charge in [0, 0.05) is 19.2 Å². The highest BCUT2D eigenvalue weighted by molar-refractivity contribution is 5.74. The van der Waals surface area contributed by atoms with Crippen LogP contribution in [0.15, 0.2) is 36.4 Å².